The summed E-state index contributed by atoms with van der Waals surface area (Å²) >= 11 is 0. The molecule has 25 heavy (non-hydrogen) atoms. The van der Waals surface area contributed by atoms with Crippen LogP contribution in [0.4, 0.5) is 5.69 Å². The molecule has 0 aliphatic carbocycles. The Hall–Kier alpha value is -2.86. The Labute approximate surface area is 147 Å². The number of aryl methyl sites for hydroxylation is 1. The van der Waals surface area contributed by atoms with Gasteiger partial charge in [0.2, 0.25) is 5.91 Å². The average molecular weight is 337 g/mol. The third-order valence-electron chi connectivity index (χ3n) is 4.08. The zero-order chi connectivity index (χ0) is 17.5. The van der Waals surface area contributed by atoms with Crippen LogP contribution in [-0.4, -0.2) is 28.5 Å². The second kappa shape index (κ2) is 8.30. The van der Waals surface area contributed by atoms with E-state index < -0.39 is 0 Å². The molecule has 3 rings (SSSR count). The Morgan fingerprint density at radius 2 is 2.04 bits per heavy atom. The van der Waals surface area contributed by atoms with E-state index in [4.69, 9.17) is 5.73 Å². The van der Waals surface area contributed by atoms with Crippen LogP contribution in [0.2, 0.25) is 0 Å². The molecule has 1 amide bonds. The number of nitrogens with zero attached hydrogens (tertiary/aromatic N) is 2. The third-order valence-corrected chi connectivity index (χ3v) is 4.08. The Morgan fingerprint density at radius 3 is 2.84 bits per heavy atom. The highest BCUT2D eigenvalue weighted by Gasteiger charge is 2.08. The summed E-state index contributed by atoms with van der Waals surface area (Å²) in [4.78, 5) is 15.1. The third kappa shape index (κ3) is 4.58. The molecule has 0 atom stereocenters. The Balaban J connectivity index is 1.56. The van der Waals surface area contributed by atoms with Crippen molar-refractivity contribution < 1.29 is 4.79 Å². The number of para-hydroxylation sites is 1. The van der Waals surface area contributed by atoms with Crippen LogP contribution < -0.4 is 16.4 Å². The lowest BCUT2D eigenvalue weighted by atomic mass is 10.2. The normalized spacial score (nSPS) is 10.9. The molecule has 130 valence electrons. The quantitative estimate of drug-likeness (QED) is 0.522. The van der Waals surface area contributed by atoms with Crippen LogP contribution in [0, 0.1) is 0 Å². The number of hydrogen-bond acceptors (Lipinski definition) is 4. The summed E-state index contributed by atoms with van der Waals surface area (Å²) in [5, 5.41) is 7.99. The van der Waals surface area contributed by atoms with Crippen molar-refractivity contribution in [2.45, 2.75) is 19.5 Å². The van der Waals surface area contributed by atoms with Crippen LogP contribution in [0.3, 0.4) is 0 Å². The highest BCUT2D eigenvalue weighted by Crippen LogP contribution is 2.21. The number of hydrogen-bond donors (Lipinski definition) is 3. The van der Waals surface area contributed by atoms with Crippen LogP contribution >= 0.6 is 0 Å². The van der Waals surface area contributed by atoms with Crippen molar-refractivity contribution in [3.63, 3.8) is 0 Å². The van der Waals surface area contributed by atoms with Crippen molar-refractivity contribution >= 4 is 22.5 Å². The molecule has 0 bridgehead atoms. The Morgan fingerprint density at radius 1 is 1.16 bits per heavy atom. The standard InChI is InChI=1S/C19H23N5O/c20-19(25)7-11-24-14-15(17-5-1-2-6-18(17)24)12-22-9-10-23-16-4-3-8-21-13-16/h1-6,8,13-14,22-23H,7,9-12H2,(H2,20,25). The van der Waals surface area contributed by atoms with Crippen LogP contribution in [-0.2, 0) is 17.9 Å². The first kappa shape index (κ1) is 17.0. The summed E-state index contributed by atoms with van der Waals surface area (Å²) in [7, 11) is 0. The molecule has 0 radical (unpaired) electrons. The number of carbonyl (C=O) groups is 1. The van der Waals surface area contributed by atoms with Gasteiger partial charge < -0.3 is 20.9 Å². The molecular weight excluding hydrogens is 314 g/mol. The topological polar surface area (TPSA) is 85.0 Å². The van der Waals surface area contributed by atoms with Gasteiger partial charge in [-0.3, -0.25) is 9.78 Å². The van der Waals surface area contributed by atoms with Crippen molar-refractivity contribution in [3.8, 4) is 0 Å². The fourth-order valence-electron chi connectivity index (χ4n) is 2.86. The van der Waals surface area contributed by atoms with Crippen molar-refractivity contribution in [2.75, 3.05) is 18.4 Å². The molecule has 0 fully saturated rings. The Kier molecular flexibility index (Phi) is 5.64. The summed E-state index contributed by atoms with van der Waals surface area (Å²) in [6, 6.07) is 12.1. The van der Waals surface area contributed by atoms with Gasteiger partial charge in [0.15, 0.2) is 0 Å². The summed E-state index contributed by atoms with van der Waals surface area (Å²) in [5.41, 5.74) is 8.65. The second-order valence-corrected chi connectivity index (χ2v) is 5.93. The zero-order valence-electron chi connectivity index (χ0n) is 14.1. The first-order chi connectivity index (χ1) is 12.2. The monoisotopic (exact) mass is 337 g/mol. The van der Waals surface area contributed by atoms with Gasteiger partial charge in [0.05, 0.1) is 5.69 Å². The number of amides is 1. The van der Waals surface area contributed by atoms with Crippen LogP contribution in [0.25, 0.3) is 10.9 Å². The molecule has 0 aliphatic heterocycles. The molecule has 3 aromatic rings. The van der Waals surface area contributed by atoms with Crippen molar-refractivity contribution in [1.29, 1.82) is 0 Å². The van der Waals surface area contributed by atoms with Crippen LogP contribution in [0.5, 0.6) is 0 Å². The number of nitrogens with one attached hydrogen (secondary N) is 2. The maximum absolute atomic E-state index is 11.1. The number of carbonyl (C=O) groups excluding carboxylic acids is 1. The molecule has 0 spiro atoms. The van der Waals surface area contributed by atoms with E-state index in [1.807, 2.05) is 30.5 Å². The first-order valence-electron chi connectivity index (χ1n) is 8.44. The largest absolute Gasteiger partial charge is 0.383 e. The number of aromatic nitrogens is 2. The van der Waals surface area contributed by atoms with Gasteiger partial charge in [0.25, 0.3) is 0 Å². The summed E-state index contributed by atoms with van der Waals surface area (Å²) in [5.74, 6) is -0.279. The predicted octanol–water partition coefficient (Wildman–Crippen LogP) is 2.11. The van der Waals surface area contributed by atoms with Crippen molar-refractivity contribution in [2.24, 2.45) is 5.73 Å². The van der Waals surface area contributed by atoms with Crippen molar-refractivity contribution in [3.05, 3.63) is 60.6 Å². The fraction of sp³-hybridized carbons (Fsp3) is 0.263. The van der Waals surface area contributed by atoms with Gasteiger partial charge in [0, 0.05) is 62.1 Å². The number of fused-ring (bicyclic) bond motifs is 1. The average Bonchev–Trinajstić information content (AvgIpc) is 2.99. The number of primary amides is 1. The molecule has 4 N–H and O–H groups in total. The highest BCUT2D eigenvalue weighted by atomic mass is 16.1. The van der Waals surface area contributed by atoms with Gasteiger partial charge >= 0.3 is 0 Å². The lowest BCUT2D eigenvalue weighted by Crippen LogP contribution is -2.21. The zero-order valence-corrected chi connectivity index (χ0v) is 14.1. The van der Waals surface area contributed by atoms with Gasteiger partial charge in [-0.05, 0) is 23.8 Å². The predicted molar refractivity (Wildman–Crippen MR) is 100 cm³/mol. The molecule has 1 aromatic carbocycles. The van der Waals surface area contributed by atoms with E-state index in [9.17, 15) is 4.79 Å². The Bertz CT molecular complexity index is 828. The molecule has 0 saturated carbocycles. The number of benzene rings is 1. The van der Waals surface area contributed by atoms with E-state index in [1.54, 1.807) is 6.20 Å². The van der Waals surface area contributed by atoms with Gasteiger partial charge in [-0.2, -0.15) is 0 Å². The van der Waals surface area contributed by atoms with Gasteiger partial charge in [-0.15, -0.1) is 0 Å². The van der Waals surface area contributed by atoms with E-state index in [1.165, 1.54) is 10.9 Å². The SMILES string of the molecule is NC(=O)CCn1cc(CNCCNc2cccnc2)c2ccccc21. The second-order valence-electron chi connectivity index (χ2n) is 5.93. The van der Waals surface area contributed by atoms with E-state index in [0.717, 1.165) is 30.8 Å². The van der Waals surface area contributed by atoms with Gasteiger partial charge in [-0.1, -0.05) is 18.2 Å². The van der Waals surface area contributed by atoms with Crippen molar-refractivity contribution in [1.82, 2.24) is 14.9 Å². The number of pyridine rings is 1. The maximum atomic E-state index is 11.1. The lowest BCUT2D eigenvalue weighted by Gasteiger charge is -2.07. The molecule has 0 saturated heterocycles. The van der Waals surface area contributed by atoms with E-state index in [2.05, 4.69) is 38.5 Å². The minimum atomic E-state index is -0.279. The summed E-state index contributed by atoms with van der Waals surface area (Å²) < 4.78 is 2.10. The summed E-state index contributed by atoms with van der Waals surface area (Å²) in [6.07, 6.45) is 6.03. The molecular formula is C19H23N5O. The maximum Gasteiger partial charge on any atom is 0.219 e. The minimum Gasteiger partial charge on any atom is -0.383 e. The van der Waals surface area contributed by atoms with Crippen LogP contribution in [0.1, 0.15) is 12.0 Å². The molecule has 6 heteroatoms. The molecule has 6 nitrogen and oxygen atoms in total. The number of anilines is 1. The highest BCUT2D eigenvalue weighted by molar-refractivity contribution is 5.84. The lowest BCUT2D eigenvalue weighted by molar-refractivity contribution is -0.118. The van der Waals surface area contributed by atoms with Gasteiger partial charge in [0.1, 0.15) is 0 Å². The molecule has 2 heterocycles. The minimum absolute atomic E-state index is 0.279. The molecule has 0 aliphatic rings. The molecule has 2 aromatic heterocycles. The van der Waals surface area contributed by atoms with Crippen LogP contribution in [0.15, 0.2) is 55.0 Å². The first-order valence-corrected chi connectivity index (χ1v) is 8.44. The smallest absolute Gasteiger partial charge is 0.219 e. The fourth-order valence-corrected chi connectivity index (χ4v) is 2.86. The number of rotatable bonds is 9. The van der Waals surface area contributed by atoms with E-state index >= 15 is 0 Å². The number of nitrogens with two attached hydrogens (primary N) is 1. The van der Waals surface area contributed by atoms with E-state index in [-0.39, 0.29) is 5.91 Å². The van der Waals surface area contributed by atoms with E-state index in [0.29, 0.717) is 13.0 Å². The summed E-state index contributed by atoms with van der Waals surface area (Å²) in [6.45, 7) is 3.05. The molecule has 0 unspecified atom stereocenters. The van der Waals surface area contributed by atoms with Gasteiger partial charge in [-0.25, -0.2) is 0 Å².